The summed E-state index contributed by atoms with van der Waals surface area (Å²) in [6, 6.07) is 0. The molecule has 0 heterocycles. The molecule has 61 heavy (non-hydrogen) atoms. The first-order valence-corrected chi connectivity index (χ1v) is 27.5. The monoisotopic (exact) mass is 863 g/mol. The number of esters is 3. The molecule has 0 rings (SSSR count). The van der Waals surface area contributed by atoms with Crippen molar-refractivity contribution < 1.29 is 28.6 Å². The Morgan fingerprint density at radius 3 is 0.656 bits per heavy atom. The number of rotatable bonds is 51. The van der Waals surface area contributed by atoms with Gasteiger partial charge in [0.05, 0.1) is 0 Å². The first kappa shape index (κ1) is 59.4. The maximum Gasteiger partial charge on any atom is 0.306 e. The van der Waals surface area contributed by atoms with Crippen molar-refractivity contribution in [1.82, 2.24) is 0 Å². The van der Waals surface area contributed by atoms with Crippen molar-refractivity contribution >= 4 is 17.9 Å². The predicted octanol–water partition coefficient (Wildman–Crippen LogP) is 18.0. The van der Waals surface area contributed by atoms with Crippen molar-refractivity contribution in [3.8, 4) is 0 Å². The molecule has 6 nitrogen and oxygen atoms in total. The molecule has 0 unspecified atom stereocenters. The fraction of sp³-hybridized carbons (Fsp3) is 0.945. The number of ether oxygens (including phenoxy) is 3. The summed E-state index contributed by atoms with van der Waals surface area (Å²) in [6.45, 7) is 6.69. The van der Waals surface area contributed by atoms with Crippen molar-refractivity contribution in [2.24, 2.45) is 0 Å². The topological polar surface area (TPSA) is 78.9 Å². The quantitative estimate of drug-likeness (QED) is 0.0344. The summed E-state index contributed by atoms with van der Waals surface area (Å²) in [5.41, 5.74) is 0. The molecule has 6 heteroatoms. The molecule has 0 amide bonds. The molecule has 0 spiro atoms. The van der Waals surface area contributed by atoms with Crippen LogP contribution < -0.4 is 0 Å². The zero-order chi connectivity index (χ0) is 44.4. The third-order valence-corrected chi connectivity index (χ3v) is 12.6. The number of hydrogen-bond acceptors (Lipinski definition) is 6. The average molecular weight is 863 g/mol. The Labute approximate surface area is 380 Å². The normalized spacial score (nSPS) is 11.9. The van der Waals surface area contributed by atoms with Crippen LogP contribution in [0.25, 0.3) is 0 Å². The molecule has 0 saturated carbocycles. The number of carbonyl (C=O) groups is 3. The van der Waals surface area contributed by atoms with E-state index in [0.717, 1.165) is 57.8 Å². The third kappa shape index (κ3) is 49.3. The van der Waals surface area contributed by atoms with Gasteiger partial charge < -0.3 is 14.2 Å². The highest BCUT2D eigenvalue weighted by Crippen LogP contribution is 2.17. The highest BCUT2D eigenvalue weighted by Gasteiger charge is 2.19. The van der Waals surface area contributed by atoms with Gasteiger partial charge in [0.25, 0.3) is 0 Å². The molecule has 0 aliphatic carbocycles. The lowest BCUT2D eigenvalue weighted by molar-refractivity contribution is -0.167. The zero-order valence-electron chi connectivity index (χ0n) is 41.5. The van der Waals surface area contributed by atoms with Gasteiger partial charge in [-0.05, 0) is 19.3 Å². The lowest BCUT2D eigenvalue weighted by Crippen LogP contribution is -2.30. The summed E-state index contributed by atoms with van der Waals surface area (Å²) in [5, 5.41) is 0. The van der Waals surface area contributed by atoms with E-state index in [1.54, 1.807) is 0 Å². The Balaban J connectivity index is 4.27. The molecule has 0 aliphatic rings. The van der Waals surface area contributed by atoms with Crippen LogP contribution in [0.5, 0.6) is 0 Å². The van der Waals surface area contributed by atoms with Crippen molar-refractivity contribution in [3.05, 3.63) is 0 Å². The van der Waals surface area contributed by atoms with E-state index in [9.17, 15) is 14.4 Å². The lowest BCUT2D eigenvalue weighted by Gasteiger charge is -2.18. The second-order valence-corrected chi connectivity index (χ2v) is 18.9. The summed E-state index contributed by atoms with van der Waals surface area (Å²) >= 11 is 0. The van der Waals surface area contributed by atoms with Crippen molar-refractivity contribution in [2.45, 2.75) is 322 Å². The largest absolute Gasteiger partial charge is 0.462 e. The smallest absolute Gasteiger partial charge is 0.306 e. The predicted molar refractivity (Wildman–Crippen MR) is 261 cm³/mol. The molecule has 0 radical (unpaired) electrons. The van der Waals surface area contributed by atoms with Crippen LogP contribution in [-0.4, -0.2) is 37.2 Å². The van der Waals surface area contributed by atoms with E-state index in [2.05, 4.69) is 20.8 Å². The van der Waals surface area contributed by atoms with Crippen LogP contribution in [0.3, 0.4) is 0 Å². The molecule has 0 aliphatic heterocycles. The second-order valence-electron chi connectivity index (χ2n) is 18.9. The Bertz CT molecular complexity index is 905. The van der Waals surface area contributed by atoms with Crippen LogP contribution in [0, 0.1) is 0 Å². The van der Waals surface area contributed by atoms with Gasteiger partial charge in [-0.3, -0.25) is 14.4 Å². The standard InChI is InChI=1S/C55H106O6/c1-4-7-10-13-16-19-22-24-26-27-29-31-34-37-40-43-46-49-55(58)61-52(50-59-53(56)47-44-41-38-35-32-21-18-15-12-9-6-3)51-60-54(57)48-45-42-39-36-33-30-28-25-23-20-17-14-11-8-5-2/h52H,4-51H2,1-3H3/t52-/m0/s1. The van der Waals surface area contributed by atoms with Crippen molar-refractivity contribution in [3.63, 3.8) is 0 Å². The minimum Gasteiger partial charge on any atom is -0.462 e. The van der Waals surface area contributed by atoms with Crippen LogP contribution in [0.4, 0.5) is 0 Å². The Hall–Kier alpha value is -1.59. The summed E-state index contributed by atoms with van der Waals surface area (Å²) in [7, 11) is 0. The minimum absolute atomic E-state index is 0.0614. The first-order valence-electron chi connectivity index (χ1n) is 27.5. The average Bonchev–Trinajstić information content (AvgIpc) is 3.26. The van der Waals surface area contributed by atoms with Crippen LogP contribution in [0.1, 0.15) is 316 Å². The SMILES string of the molecule is CCCCCCCCCCCCCCCCCCCC(=O)O[C@@H](COC(=O)CCCCCCCCCCCCC)COC(=O)CCCCCCCCCCCCCCCCC. The van der Waals surface area contributed by atoms with Crippen LogP contribution in [-0.2, 0) is 28.6 Å². The Morgan fingerprint density at radius 2 is 0.443 bits per heavy atom. The highest BCUT2D eigenvalue weighted by molar-refractivity contribution is 5.71. The summed E-state index contributed by atoms with van der Waals surface area (Å²) in [6.07, 6.45) is 55.1. The molecule has 0 bridgehead atoms. The van der Waals surface area contributed by atoms with E-state index in [1.807, 2.05) is 0 Å². The first-order chi connectivity index (χ1) is 30.0. The molecule has 362 valence electrons. The van der Waals surface area contributed by atoms with E-state index in [4.69, 9.17) is 14.2 Å². The lowest BCUT2D eigenvalue weighted by atomic mass is 10.0. The Kier molecular flexibility index (Phi) is 49.7. The van der Waals surface area contributed by atoms with Crippen molar-refractivity contribution in [1.29, 1.82) is 0 Å². The van der Waals surface area contributed by atoms with E-state index in [1.165, 1.54) is 218 Å². The van der Waals surface area contributed by atoms with Crippen LogP contribution in [0.2, 0.25) is 0 Å². The highest BCUT2D eigenvalue weighted by atomic mass is 16.6. The van der Waals surface area contributed by atoms with E-state index >= 15 is 0 Å². The zero-order valence-corrected chi connectivity index (χ0v) is 41.5. The molecular formula is C55H106O6. The molecule has 0 aromatic carbocycles. The van der Waals surface area contributed by atoms with Crippen LogP contribution >= 0.6 is 0 Å². The molecule has 1 atom stereocenters. The fourth-order valence-electron chi connectivity index (χ4n) is 8.45. The van der Waals surface area contributed by atoms with Crippen molar-refractivity contribution in [2.75, 3.05) is 13.2 Å². The number of carbonyl (C=O) groups excluding carboxylic acids is 3. The number of hydrogen-bond donors (Lipinski definition) is 0. The van der Waals surface area contributed by atoms with Gasteiger partial charge in [-0.2, -0.15) is 0 Å². The van der Waals surface area contributed by atoms with E-state index in [-0.39, 0.29) is 31.1 Å². The molecule has 0 N–H and O–H groups in total. The molecule has 0 fully saturated rings. The summed E-state index contributed by atoms with van der Waals surface area (Å²) < 4.78 is 16.8. The summed E-state index contributed by atoms with van der Waals surface area (Å²) in [4.78, 5) is 38.0. The fourth-order valence-corrected chi connectivity index (χ4v) is 8.45. The summed E-state index contributed by atoms with van der Waals surface area (Å²) in [5.74, 6) is -0.837. The maximum absolute atomic E-state index is 12.8. The molecule has 0 aromatic heterocycles. The molecular weight excluding hydrogens is 757 g/mol. The maximum atomic E-state index is 12.8. The van der Waals surface area contributed by atoms with Gasteiger partial charge in [0.2, 0.25) is 0 Å². The van der Waals surface area contributed by atoms with Gasteiger partial charge in [0.1, 0.15) is 13.2 Å². The van der Waals surface area contributed by atoms with E-state index in [0.29, 0.717) is 19.3 Å². The Morgan fingerprint density at radius 1 is 0.262 bits per heavy atom. The van der Waals surface area contributed by atoms with Crippen LogP contribution in [0.15, 0.2) is 0 Å². The number of unbranched alkanes of at least 4 members (excludes halogenated alkanes) is 40. The van der Waals surface area contributed by atoms with Gasteiger partial charge in [0, 0.05) is 19.3 Å². The third-order valence-electron chi connectivity index (χ3n) is 12.6. The van der Waals surface area contributed by atoms with Gasteiger partial charge in [-0.15, -0.1) is 0 Å². The van der Waals surface area contributed by atoms with Gasteiger partial charge in [0.15, 0.2) is 6.10 Å². The minimum atomic E-state index is -0.760. The van der Waals surface area contributed by atoms with Gasteiger partial charge >= 0.3 is 17.9 Å². The van der Waals surface area contributed by atoms with Gasteiger partial charge in [-0.25, -0.2) is 0 Å². The molecule has 0 saturated heterocycles. The second kappa shape index (κ2) is 51.0. The van der Waals surface area contributed by atoms with E-state index < -0.39 is 6.10 Å². The van der Waals surface area contributed by atoms with Gasteiger partial charge in [-0.1, -0.05) is 278 Å². The molecule has 0 aromatic rings.